The van der Waals surface area contributed by atoms with Crippen molar-refractivity contribution in [2.45, 2.75) is 32.1 Å². The predicted molar refractivity (Wildman–Crippen MR) is 88.1 cm³/mol. The molecule has 1 aromatic rings. The number of rotatable bonds is 8. The van der Waals surface area contributed by atoms with Crippen LogP contribution in [0, 0.1) is 5.92 Å². The maximum absolute atomic E-state index is 12.1. The van der Waals surface area contributed by atoms with Crippen molar-refractivity contribution in [3.05, 3.63) is 35.4 Å². The van der Waals surface area contributed by atoms with Crippen molar-refractivity contribution < 1.29 is 33.8 Å². The smallest absolute Gasteiger partial charge is 0.441 e. The van der Waals surface area contributed by atoms with Crippen molar-refractivity contribution in [1.82, 2.24) is 5.32 Å². The number of nitrogens with one attached hydrogen (secondary N) is 1. The summed E-state index contributed by atoms with van der Waals surface area (Å²) in [5.74, 6) is -2.34. The summed E-state index contributed by atoms with van der Waals surface area (Å²) in [7, 11) is 1.53. The molecule has 1 fully saturated rings. The molecule has 9 nitrogen and oxygen atoms in total. The van der Waals surface area contributed by atoms with Crippen molar-refractivity contribution in [3.63, 3.8) is 0 Å². The van der Waals surface area contributed by atoms with Gasteiger partial charge in [-0.1, -0.05) is 12.1 Å². The molecule has 1 aromatic carbocycles. The number of aliphatic hydroxyl groups is 1. The topological polar surface area (TPSA) is 138 Å². The van der Waals surface area contributed by atoms with Crippen molar-refractivity contribution in [2.24, 2.45) is 5.92 Å². The van der Waals surface area contributed by atoms with Gasteiger partial charge in [0.1, 0.15) is 12.4 Å². The van der Waals surface area contributed by atoms with Gasteiger partial charge in [-0.2, -0.15) is 4.79 Å². The Hall–Kier alpha value is -3.03. The zero-order chi connectivity index (χ0) is 19.3. The maximum Gasteiger partial charge on any atom is 0.441 e. The highest BCUT2D eigenvalue weighted by molar-refractivity contribution is 6.62. The van der Waals surface area contributed by atoms with Gasteiger partial charge in [0.25, 0.3) is 5.78 Å². The normalized spacial score (nSPS) is 19.4. The fraction of sp³-hybridized carbons (Fsp3) is 0.412. The fourth-order valence-electron chi connectivity index (χ4n) is 2.63. The van der Waals surface area contributed by atoms with Gasteiger partial charge in [-0.3, -0.25) is 9.59 Å². The highest BCUT2D eigenvalue weighted by Crippen LogP contribution is 2.22. The number of hydrogen-bond acceptors (Lipinski definition) is 6. The Labute approximate surface area is 149 Å². The van der Waals surface area contributed by atoms with Crippen LogP contribution in [0.1, 0.15) is 18.9 Å². The molecule has 0 saturated carbocycles. The number of carbonyl (C=O) groups excluding carboxylic acids is 3. The molecule has 1 aliphatic heterocycles. The molecule has 2 rings (SSSR count). The predicted octanol–water partition coefficient (Wildman–Crippen LogP) is -0.136. The van der Waals surface area contributed by atoms with Gasteiger partial charge in [0.2, 0.25) is 5.91 Å². The summed E-state index contributed by atoms with van der Waals surface area (Å²) in [6, 6.07) is 6.11. The lowest BCUT2D eigenvalue weighted by molar-refractivity contribution is -0.144. The molecule has 1 saturated heterocycles. The van der Waals surface area contributed by atoms with Crippen molar-refractivity contribution in [3.8, 4) is 5.75 Å². The molecule has 1 aliphatic rings. The second-order valence-electron chi connectivity index (χ2n) is 5.88. The van der Waals surface area contributed by atoms with Gasteiger partial charge in [-0.25, -0.2) is 4.79 Å². The highest BCUT2D eigenvalue weighted by atomic mass is 16.5. The Morgan fingerprint density at radius 3 is 2.50 bits per heavy atom. The van der Waals surface area contributed by atoms with Crippen LogP contribution in [0.5, 0.6) is 5.75 Å². The maximum atomic E-state index is 12.1. The Bertz CT molecular complexity index is 752. The molecule has 1 amide bonds. The molecule has 26 heavy (non-hydrogen) atoms. The third-order valence-electron chi connectivity index (χ3n) is 4.08. The van der Waals surface area contributed by atoms with E-state index in [1.807, 2.05) is 0 Å². The quantitative estimate of drug-likeness (QED) is 0.165. The molecule has 0 radical (unpaired) electrons. The van der Waals surface area contributed by atoms with Crippen molar-refractivity contribution in [2.75, 3.05) is 7.11 Å². The molecule has 0 aliphatic carbocycles. The first-order valence-electron chi connectivity index (χ1n) is 7.91. The Morgan fingerprint density at radius 2 is 2.00 bits per heavy atom. The van der Waals surface area contributed by atoms with Gasteiger partial charge < -0.3 is 25.4 Å². The summed E-state index contributed by atoms with van der Waals surface area (Å²) in [5, 5.41) is 12.0. The monoisotopic (exact) mass is 361 g/mol. The number of Topliss-reactive ketones (excluding diaryl/α,β-unsaturated/α-hetero) is 1. The first kappa shape index (κ1) is 19.3. The van der Waals surface area contributed by atoms with Crippen LogP contribution in [-0.4, -0.2) is 52.5 Å². The number of nitrogens with zero attached hydrogens (tertiary/aromatic N) is 2. The van der Waals surface area contributed by atoms with E-state index in [9.17, 15) is 19.5 Å². The number of aliphatic hydroxyl groups excluding tert-OH is 1. The molecule has 0 bridgehead atoms. The molecule has 0 aromatic heterocycles. The number of amides is 1. The van der Waals surface area contributed by atoms with Crippen LogP contribution in [-0.2, 0) is 25.7 Å². The lowest BCUT2D eigenvalue weighted by atomic mass is 9.82. The lowest BCUT2D eigenvalue weighted by Crippen LogP contribution is -2.62. The van der Waals surface area contributed by atoms with Crippen LogP contribution < -0.4 is 10.1 Å². The first-order chi connectivity index (χ1) is 12.4. The average molecular weight is 361 g/mol. The Kier molecular flexibility index (Phi) is 6.21. The van der Waals surface area contributed by atoms with E-state index < -0.39 is 35.5 Å². The van der Waals surface area contributed by atoms with Crippen molar-refractivity contribution >= 4 is 23.4 Å². The summed E-state index contributed by atoms with van der Waals surface area (Å²) < 4.78 is 9.99. The molecule has 2 N–H and O–H groups in total. The Morgan fingerprint density at radius 1 is 1.35 bits per heavy atom. The molecule has 0 unspecified atom stereocenters. The number of benzene rings is 1. The summed E-state index contributed by atoms with van der Waals surface area (Å²) in [5.41, 5.74) is 8.87. The number of ether oxygens (including phenoxy) is 2. The zero-order valence-corrected chi connectivity index (χ0v) is 14.3. The third-order valence-corrected chi connectivity index (χ3v) is 4.08. The summed E-state index contributed by atoms with van der Waals surface area (Å²) in [6.07, 6.45) is -1.21. The first-order valence-corrected chi connectivity index (χ1v) is 7.91. The minimum absolute atomic E-state index is 0.119. The lowest BCUT2D eigenvalue weighted by Gasteiger charge is -2.37. The van der Waals surface area contributed by atoms with E-state index in [4.69, 9.17) is 15.0 Å². The molecular formula is C17H19N3O6. The molecule has 3 atom stereocenters. The Balaban J connectivity index is 1.92. The molecule has 0 spiro atoms. The number of β-lactam (4-membered cyclic amide) rings is 1. The van der Waals surface area contributed by atoms with Gasteiger partial charge in [0.15, 0.2) is 0 Å². The number of esters is 1. The van der Waals surface area contributed by atoms with Crippen LogP contribution in [0.2, 0.25) is 0 Å². The van der Waals surface area contributed by atoms with Crippen molar-refractivity contribution in [1.29, 1.82) is 0 Å². The molecule has 1 heterocycles. The van der Waals surface area contributed by atoms with E-state index >= 15 is 0 Å². The highest BCUT2D eigenvalue weighted by Gasteiger charge is 2.45. The van der Waals surface area contributed by atoms with Gasteiger partial charge >= 0.3 is 11.7 Å². The van der Waals surface area contributed by atoms with E-state index in [1.54, 1.807) is 24.3 Å². The summed E-state index contributed by atoms with van der Waals surface area (Å²) in [6.45, 7) is 1.32. The average Bonchev–Trinajstić information content (AvgIpc) is 2.59. The second-order valence-corrected chi connectivity index (χ2v) is 5.88. The molecule has 138 valence electrons. The SMILES string of the molecule is COc1ccc(COC(=O)C(=[N+]=[N-])C(=O)C[C@H]2NC(=O)[C@@H]2[C@@H](C)O)cc1. The van der Waals surface area contributed by atoms with Crippen LogP contribution in [0.3, 0.4) is 0 Å². The van der Waals surface area contributed by atoms with E-state index in [0.29, 0.717) is 11.3 Å². The molecule has 9 heteroatoms. The summed E-state index contributed by atoms with van der Waals surface area (Å²) >= 11 is 0. The standard InChI is InChI=1S/C17H19N3O6/c1-9(21)14-12(19-16(14)23)7-13(22)15(20-18)17(24)26-8-10-3-5-11(25-2)6-4-10/h3-6,9,12,14,21H,7-8H2,1-2H3,(H,19,23)/t9-,12-,14-/m1/s1. The summed E-state index contributed by atoms with van der Waals surface area (Å²) in [4.78, 5) is 38.2. The number of hydrogen-bond donors (Lipinski definition) is 2. The van der Waals surface area contributed by atoms with Gasteiger partial charge in [-0.15, -0.1) is 0 Å². The van der Waals surface area contributed by atoms with Crippen LogP contribution >= 0.6 is 0 Å². The minimum Gasteiger partial charge on any atom is -0.497 e. The van der Waals surface area contributed by atoms with Gasteiger partial charge in [-0.05, 0) is 24.6 Å². The van der Waals surface area contributed by atoms with Crippen LogP contribution in [0.15, 0.2) is 24.3 Å². The zero-order valence-electron chi connectivity index (χ0n) is 14.3. The minimum atomic E-state index is -1.08. The van der Waals surface area contributed by atoms with Gasteiger partial charge in [0, 0.05) is 6.42 Å². The number of carbonyl (C=O) groups is 3. The van der Waals surface area contributed by atoms with E-state index in [1.165, 1.54) is 14.0 Å². The van der Waals surface area contributed by atoms with Crippen LogP contribution in [0.25, 0.3) is 5.53 Å². The van der Waals surface area contributed by atoms with E-state index in [-0.39, 0.29) is 18.9 Å². The number of methoxy groups -OCH3 is 1. The second kappa shape index (κ2) is 8.37. The largest absolute Gasteiger partial charge is 0.497 e. The molecular weight excluding hydrogens is 342 g/mol. The number of ketones is 1. The fourth-order valence-corrected chi connectivity index (χ4v) is 2.63. The van der Waals surface area contributed by atoms with E-state index in [2.05, 4.69) is 10.1 Å². The van der Waals surface area contributed by atoms with Crippen LogP contribution in [0.4, 0.5) is 0 Å². The van der Waals surface area contributed by atoms with E-state index in [0.717, 1.165) is 0 Å². The third kappa shape index (κ3) is 4.33. The van der Waals surface area contributed by atoms with Gasteiger partial charge in [0.05, 0.1) is 25.2 Å².